The van der Waals surface area contributed by atoms with Gasteiger partial charge in [-0.2, -0.15) is 0 Å². The van der Waals surface area contributed by atoms with Crippen molar-refractivity contribution in [1.82, 2.24) is 9.97 Å². The molecule has 0 fully saturated rings. The third-order valence-corrected chi connectivity index (χ3v) is 2.87. The Morgan fingerprint density at radius 2 is 1.89 bits per heavy atom. The number of hydrogen-bond donors (Lipinski definition) is 1. The second-order valence-electron chi connectivity index (χ2n) is 3.97. The van der Waals surface area contributed by atoms with Crippen molar-refractivity contribution in [2.75, 3.05) is 5.73 Å². The molecule has 92 valence electrons. The lowest BCUT2D eigenvalue weighted by molar-refractivity contribution is 0.103. The summed E-state index contributed by atoms with van der Waals surface area (Å²) in [5.41, 5.74) is 7.76. The third kappa shape index (κ3) is 2.33. The third-order valence-electron chi connectivity index (χ3n) is 2.64. The van der Waals surface area contributed by atoms with E-state index in [0.717, 1.165) is 5.69 Å². The Morgan fingerprint density at radius 3 is 2.56 bits per heavy atom. The molecule has 0 amide bonds. The Labute approximate surface area is 110 Å². The van der Waals surface area contributed by atoms with Crippen LogP contribution in [-0.4, -0.2) is 15.8 Å². The van der Waals surface area contributed by atoms with Crippen molar-refractivity contribution in [3.05, 3.63) is 51.9 Å². The first-order valence-corrected chi connectivity index (χ1v) is 5.78. The molecular weight excluding hydrogens is 250 g/mol. The van der Waals surface area contributed by atoms with E-state index in [-0.39, 0.29) is 17.3 Å². The predicted molar refractivity (Wildman–Crippen MR) is 70.8 cm³/mol. The highest BCUT2D eigenvalue weighted by Gasteiger charge is 2.16. The SMILES string of the molecule is Cc1nc(N)c(C(=O)c2cccc(Cl)c2)nc1C. The molecule has 0 saturated carbocycles. The van der Waals surface area contributed by atoms with Gasteiger partial charge in [0, 0.05) is 10.6 Å². The summed E-state index contributed by atoms with van der Waals surface area (Å²) in [4.78, 5) is 20.5. The van der Waals surface area contributed by atoms with Gasteiger partial charge < -0.3 is 5.73 Å². The van der Waals surface area contributed by atoms with Crippen LogP contribution in [0.5, 0.6) is 0 Å². The molecule has 0 aliphatic heterocycles. The Balaban J connectivity index is 2.49. The minimum atomic E-state index is -0.273. The molecule has 2 rings (SSSR count). The summed E-state index contributed by atoms with van der Waals surface area (Å²) in [6.45, 7) is 3.59. The van der Waals surface area contributed by atoms with E-state index in [1.807, 2.05) is 0 Å². The number of ketones is 1. The van der Waals surface area contributed by atoms with Gasteiger partial charge in [-0.25, -0.2) is 9.97 Å². The number of nitrogen functional groups attached to an aromatic ring is 1. The molecule has 1 aromatic carbocycles. The summed E-state index contributed by atoms with van der Waals surface area (Å²) < 4.78 is 0. The summed E-state index contributed by atoms with van der Waals surface area (Å²) in [6, 6.07) is 6.67. The van der Waals surface area contributed by atoms with Gasteiger partial charge in [-0.3, -0.25) is 4.79 Å². The van der Waals surface area contributed by atoms with Crippen LogP contribution in [0.1, 0.15) is 27.4 Å². The van der Waals surface area contributed by atoms with Crippen LogP contribution in [0.15, 0.2) is 24.3 Å². The van der Waals surface area contributed by atoms with Crippen LogP contribution in [0.3, 0.4) is 0 Å². The average Bonchev–Trinajstić information content (AvgIpc) is 2.33. The molecule has 0 unspecified atom stereocenters. The number of rotatable bonds is 2. The van der Waals surface area contributed by atoms with Crippen molar-refractivity contribution in [3.8, 4) is 0 Å². The standard InChI is InChI=1S/C13H12ClN3O/c1-7-8(2)17-13(15)11(16-7)12(18)9-4-3-5-10(14)6-9/h3-6H,1-2H3,(H2,15,17). The molecule has 2 N–H and O–H groups in total. The molecule has 0 aliphatic carbocycles. The van der Waals surface area contributed by atoms with Crippen molar-refractivity contribution in [2.45, 2.75) is 13.8 Å². The zero-order chi connectivity index (χ0) is 13.3. The second kappa shape index (κ2) is 4.74. The lowest BCUT2D eigenvalue weighted by Gasteiger charge is -2.07. The van der Waals surface area contributed by atoms with Gasteiger partial charge in [0.05, 0.1) is 11.4 Å². The lowest BCUT2D eigenvalue weighted by atomic mass is 10.1. The fourth-order valence-electron chi connectivity index (χ4n) is 1.55. The molecule has 0 bridgehead atoms. The molecular formula is C13H12ClN3O. The maximum absolute atomic E-state index is 12.2. The minimum absolute atomic E-state index is 0.142. The van der Waals surface area contributed by atoms with E-state index in [1.54, 1.807) is 38.1 Å². The number of nitrogens with zero attached hydrogens (tertiary/aromatic N) is 2. The number of aryl methyl sites for hydroxylation is 2. The summed E-state index contributed by atoms with van der Waals surface area (Å²) in [5.74, 6) is -0.131. The van der Waals surface area contributed by atoms with E-state index in [2.05, 4.69) is 9.97 Å². The van der Waals surface area contributed by atoms with Gasteiger partial charge in [0.25, 0.3) is 0 Å². The maximum atomic E-state index is 12.2. The summed E-state index contributed by atoms with van der Waals surface area (Å²) in [7, 11) is 0. The van der Waals surface area contributed by atoms with Crippen LogP contribution in [0.25, 0.3) is 0 Å². The van der Waals surface area contributed by atoms with E-state index in [1.165, 1.54) is 0 Å². The van der Waals surface area contributed by atoms with E-state index in [9.17, 15) is 4.79 Å². The number of anilines is 1. The molecule has 0 radical (unpaired) electrons. The number of aromatic nitrogens is 2. The van der Waals surface area contributed by atoms with E-state index < -0.39 is 0 Å². The van der Waals surface area contributed by atoms with Gasteiger partial charge in [-0.1, -0.05) is 23.7 Å². The van der Waals surface area contributed by atoms with Crippen LogP contribution in [0.2, 0.25) is 5.02 Å². The number of carbonyl (C=O) groups excluding carboxylic acids is 1. The monoisotopic (exact) mass is 261 g/mol. The van der Waals surface area contributed by atoms with Crippen LogP contribution in [0.4, 0.5) is 5.82 Å². The van der Waals surface area contributed by atoms with Crippen LogP contribution in [0, 0.1) is 13.8 Å². The molecule has 2 aromatic rings. The molecule has 0 spiro atoms. The van der Waals surface area contributed by atoms with Crippen LogP contribution < -0.4 is 5.73 Å². The van der Waals surface area contributed by atoms with Crippen molar-refractivity contribution < 1.29 is 4.79 Å². The number of nitrogens with two attached hydrogens (primary N) is 1. The first-order valence-electron chi connectivity index (χ1n) is 5.40. The summed E-state index contributed by atoms with van der Waals surface area (Å²) >= 11 is 5.85. The smallest absolute Gasteiger partial charge is 0.215 e. The van der Waals surface area contributed by atoms with Crippen molar-refractivity contribution in [1.29, 1.82) is 0 Å². The molecule has 0 aliphatic rings. The average molecular weight is 262 g/mol. The van der Waals surface area contributed by atoms with Gasteiger partial charge >= 0.3 is 0 Å². The normalized spacial score (nSPS) is 10.4. The number of benzene rings is 1. The molecule has 5 heteroatoms. The minimum Gasteiger partial charge on any atom is -0.382 e. The zero-order valence-corrected chi connectivity index (χ0v) is 10.8. The highest BCUT2D eigenvalue weighted by Crippen LogP contribution is 2.17. The molecule has 18 heavy (non-hydrogen) atoms. The highest BCUT2D eigenvalue weighted by atomic mass is 35.5. The van der Waals surface area contributed by atoms with Gasteiger partial charge in [0.1, 0.15) is 0 Å². The van der Waals surface area contributed by atoms with Gasteiger partial charge in [-0.15, -0.1) is 0 Å². The van der Waals surface area contributed by atoms with Gasteiger partial charge in [-0.05, 0) is 26.0 Å². The summed E-state index contributed by atoms with van der Waals surface area (Å²) in [6.07, 6.45) is 0. The van der Waals surface area contributed by atoms with E-state index in [0.29, 0.717) is 16.3 Å². The Bertz CT molecular complexity index is 626. The van der Waals surface area contributed by atoms with Crippen molar-refractivity contribution in [2.24, 2.45) is 0 Å². The fraction of sp³-hybridized carbons (Fsp3) is 0.154. The van der Waals surface area contributed by atoms with Crippen molar-refractivity contribution >= 4 is 23.2 Å². The number of carbonyl (C=O) groups is 1. The fourth-order valence-corrected chi connectivity index (χ4v) is 1.74. The first kappa shape index (κ1) is 12.5. The van der Waals surface area contributed by atoms with E-state index in [4.69, 9.17) is 17.3 Å². The molecule has 0 atom stereocenters. The largest absolute Gasteiger partial charge is 0.382 e. The molecule has 0 saturated heterocycles. The summed E-state index contributed by atoms with van der Waals surface area (Å²) in [5, 5.41) is 0.496. The first-order chi connectivity index (χ1) is 8.49. The second-order valence-corrected chi connectivity index (χ2v) is 4.40. The van der Waals surface area contributed by atoms with Gasteiger partial charge in [0.15, 0.2) is 11.5 Å². The van der Waals surface area contributed by atoms with E-state index >= 15 is 0 Å². The zero-order valence-electron chi connectivity index (χ0n) is 10.1. The topological polar surface area (TPSA) is 68.9 Å². The molecule has 4 nitrogen and oxygen atoms in total. The predicted octanol–water partition coefficient (Wildman–Crippen LogP) is 2.56. The van der Waals surface area contributed by atoms with Crippen LogP contribution in [-0.2, 0) is 0 Å². The Hall–Kier alpha value is -1.94. The lowest BCUT2D eigenvalue weighted by Crippen LogP contribution is -2.12. The van der Waals surface area contributed by atoms with Crippen molar-refractivity contribution in [3.63, 3.8) is 0 Å². The van der Waals surface area contributed by atoms with Gasteiger partial charge in [0.2, 0.25) is 5.78 Å². The number of halogens is 1. The van der Waals surface area contributed by atoms with Crippen LogP contribution >= 0.6 is 11.6 Å². The Morgan fingerprint density at radius 1 is 1.22 bits per heavy atom. The highest BCUT2D eigenvalue weighted by molar-refractivity contribution is 6.31. The Kier molecular flexibility index (Phi) is 3.30. The maximum Gasteiger partial charge on any atom is 0.215 e. The molecule has 1 aromatic heterocycles. The molecule has 1 heterocycles. The quantitative estimate of drug-likeness (QED) is 0.844. The number of hydrogen-bond acceptors (Lipinski definition) is 4.